The van der Waals surface area contributed by atoms with E-state index < -0.39 is 5.97 Å². The van der Waals surface area contributed by atoms with Crippen LogP contribution in [-0.2, 0) is 12.8 Å². The number of rotatable bonds is 6. The number of aryl methyl sites for hydroxylation is 2. The first-order valence-electron chi connectivity index (χ1n) is 9.77. The van der Waals surface area contributed by atoms with Gasteiger partial charge in [0.25, 0.3) is 0 Å². The molecule has 3 aromatic rings. The summed E-state index contributed by atoms with van der Waals surface area (Å²) in [5.41, 5.74) is 3.16. The fourth-order valence-electron chi connectivity index (χ4n) is 3.86. The molecule has 1 aliphatic rings. The van der Waals surface area contributed by atoms with Gasteiger partial charge in [0.15, 0.2) is 0 Å². The van der Waals surface area contributed by atoms with Crippen LogP contribution in [0.5, 0.6) is 0 Å². The largest absolute Gasteiger partial charge is 0.478 e. The van der Waals surface area contributed by atoms with Crippen molar-refractivity contribution in [2.24, 2.45) is 0 Å². The summed E-state index contributed by atoms with van der Waals surface area (Å²) in [6, 6.07) is 18.6. The van der Waals surface area contributed by atoms with E-state index in [-0.39, 0.29) is 11.6 Å². The van der Waals surface area contributed by atoms with Crippen molar-refractivity contribution in [3.05, 3.63) is 87.7 Å². The Morgan fingerprint density at radius 1 is 1.10 bits per heavy atom. The summed E-state index contributed by atoms with van der Waals surface area (Å²) < 4.78 is 1.05. The van der Waals surface area contributed by atoms with Crippen LogP contribution in [0, 0.1) is 0 Å². The van der Waals surface area contributed by atoms with Crippen molar-refractivity contribution in [3.8, 4) is 0 Å². The standard InChI is InChI=1S/C23H22BrN3O2/c24-18-11-9-17(10-12-18)21-7-4-14-27(21)23-25-15-19(22(28)29)20(26-23)13-8-16-5-2-1-3-6-16/h1-3,5-6,9-12,15,21H,4,7-8,13-14H2,(H,28,29). The van der Waals surface area contributed by atoms with Gasteiger partial charge in [0.05, 0.1) is 17.3 Å². The number of aromatic carboxylic acids is 1. The van der Waals surface area contributed by atoms with E-state index in [1.54, 1.807) is 0 Å². The van der Waals surface area contributed by atoms with Crippen LogP contribution in [-0.4, -0.2) is 27.6 Å². The number of aromatic nitrogens is 2. The number of nitrogens with zero attached hydrogens (tertiary/aromatic N) is 3. The molecule has 29 heavy (non-hydrogen) atoms. The summed E-state index contributed by atoms with van der Waals surface area (Å²) in [5.74, 6) is -0.367. The molecule has 2 aromatic carbocycles. The molecule has 1 fully saturated rings. The van der Waals surface area contributed by atoms with Gasteiger partial charge < -0.3 is 10.0 Å². The molecule has 1 saturated heterocycles. The van der Waals surface area contributed by atoms with Crippen LogP contribution in [0.25, 0.3) is 0 Å². The van der Waals surface area contributed by atoms with Crippen molar-refractivity contribution in [2.75, 3.05) is 11.4 Å². The maximum atomic E-state index is 11.7. The third-order valence-electron chi connectivity index (χ3n) is 5.34. The van der Waals surface area contributed by atoms with Gasteiger partial charge in [-0.3, -0.25) is 0 Å². The van der Waals surface area contributed by atoms with Crippen LogP contribution in [0.4, 0.5) is 5.95 Å². The molecule has 4 rings (SSSR count). The monoisotopic (exact) mass is 451 g/mol. The Morgan fingerprint density at radius 3 is 2.59 bits per heavy atom. The van der Waals surface area contributed by atoms with Crippen molar-refractivity contribution < 1.29 is 9.90 Å². The predicted molar refractivity (Wildman–Crippen MR) is 116 cm³/mol. The zero-order valence-corrected chi connectivity index (χ0v) is 17.5. The highest BCUT2D eigenvalue weighted by atomic mass is 79.9. The SMILES string of the molecule is O=C(O)c1cnc(N2CCCC2c2ccc(Br)cc2)nc1CCc1ccccc1. The quantitative estimate of drug-likeness (QED) is 0.566. The number of carbonyl (C=O) groups is 1. The van der Waals surface area contributed by atoms with Crippen LogP contribution in [0.2, 0.25) is 0 Å². The molecule has 0 radical (unpaired) electrons. The van der Waals surface area contributed by atoms with Gasteiger partial charge in [-0.15, -0.1) is 0 Å². The Balaban J connectivity index is 1.61. The second kappa shape index (κ2) is 8.74. The summed E-state index contributed by atoms with van der Waals surface area (Å²) in [7, 11) is 0. The molecule has 0 aliphatic carbocycles. The summed E-state index contributed by atoms with van der Waals surface area (Å²) >= 11 is 3.49. The smallest absolute Gasteiger partial charge is 0.339 e. The molecule has 2 heterocycles. The molecule has 6 heteroatoms. The third-order valence-corrected chi connectivity index (χ3v) is 5.87. The Labute approximate surface area is 178 Å². The second-order valence-corrected chi connectivity index (χ2v) is 8.14. The van der Waals surface area contributed by atoms with E-state index >= 15 is 0 Å². The molecule has 1 atom stereocenters. The van der Waals surface area contributed by atoms with E-state index in [9.17, 15) is 9.90 Å². The molecule has 148 valence electrons. The number of hydrogen-bond donors (Lipinski definition) is 1. The van der Waals surface area contributed by atoms with E-state index in [4.69, 9.17) is 4.98 Å². The Hall–Kier alpha value is -2.73. The molecule has 5 nitrogen and oxygen atoms in total. The third kappa shape index (κ3) is 4.48. The van der Waals surface area contributed by atoms with E-state index in [1.807, 2.05) is 42.5 Å². The van der Waals surface area contributed by atoms with Gasteiger partial charge in [-0.1, -0.05) is 58.4 Å². The minimum atomic E-state index is -0.981. The van der Waals surface area contributed by atoms with Crippen molar-refractivity contribution in [1.29, 1.82) is 0 Å². The maximum absolute atomic E-state index is 11.7. The molecule has 0 bridgehead atoms. The van der Waals surface area contributed by atoms with Crippen LogP contribution in [0.15, 0.2) is 65.3 Å². The molecular weight excluding hydrogens is 430 g/mol. The van der Waals surface area contributed by atoms with Crippen molar-refractivity contribution in [2.45, 2.75) is 31.7 Å². The lowest BCUT2D eigenvalue weighted by molar-refractivity contribution is 0.0694. The van der Waals surface area contributed by atoms with Gasteiger partial charge in [-0.25, -0.2) is 14.8 Å². The first-order valence-corrected chi connectivity index (χ1v) is 10.6. The molecule has 0 saturated carbocycles. The van der Waals surface area contributed by atoms with Gasteiger partial charge in [0.2, 0.25) is 5.95 Å². The van der Waals surface area contributed by atoms with Gasteiger partial charge in [-0.05, 0) is 48.9 Å². The minimum absolute atomic E-state index is 0.184. The number of carboxylic acid groups (broad SMARTS) is 1. The Kier molecular flexibility index (Phi) is 5.90. The lowest BCUT2D eigenvalue weighted by Gasteiger charge is -2.25. The summed E-state index contributed by atoms with van der Waals surface area (Å²) in [4.78, 5) is 23.0. The van der Waals surface area contributed by atoms with Crippen LogP contribution < -0.4 is 4.90 Å². The number of anilines is 1. The molecule has 1 aliphatic heterocycles. The van der Waals surface area contributed by atoms with E-state index in [0.29, 0.717) is 18.1 Å². The predicted octanol–water partition coefficient (Wildman–Crippen LogP) is 5.06. The van der Waals surface area contributed by atoms with Gasteiger partial charge in [0.1, 0.15) is 0 Å². The summed E-state index contributed by atoms with van der Waals surface area (Å²) in [6.45, 7) is 0.866. The topological polar surface area (TPSA) is 66.3 Å². The van der Waals surface area contributed by atoms with Crippen molar-refractivity contribution >= 4 is 27.8 Å². The highest BCUT2D eigenvalue weighted by Gasteiger charge is 2.29. The minimum Gasteiger partial charge on any atom is -0.478 e. The fraction of sp³-hybridized carbons (Fsp3) is 0.261. The zero-order chi connectivity index (χ0) is 20.2. The number of hydrogen-bond acceptors (Lipinski definition) is 4. The molecule has 0 spiro atoms. The van der Waals surface area contributed by atoms with Crippen molar-refractivity contribution in [1.82, 2.24) is 9.97 Å². The number of halogens is 1. The first-order chi connectivity index (χ1) is 14.1. The number of carboxylic acids is 1. The molecular formula is C23H22BrN3O2. The van der Waals surface area contributed by atoms with Gasteiger partial charge >= 0.3 is 5.97 Å². The Morgan fingerprint density at radius 2 is 1.86 bits per heavy atom. The zero-order valence-electron chi connectivity index (χ0n) is 16.0. The lowest BCUT2D eigenvalue weighted by atomic mass is 10.0. The van der Waals surface area contributed by atoms with E-state index in [0.717, 1.165) is 35.8 Å². The molecule has 1 aromatic heterocycles. The normalized spacial score (nSPS) is 16.2. The van der Waals surface area contributed by atoms with Crippen LogP contribution in [0.1, 0.15) is 46.1 Å². The second-order valence-electron chi connectivity index (χ2n) is 7.22. The average molecular weight is 452 g/mol. The summed E-state index contributed by atoms with van der Waals surface area (Å²) in [5, 5.41) is 9.58. The lowest BCUT2D eigenvalue weighted by Crippen LogP contribution is -2.25. The summed E-state index contributed by atoms with van der Waals surface area (Å²) in [6.07, 6.45) is 4.86. The Bertz CT molecular complexity index is 993. The maximum Gasteiger partial charge on any atom is 0.339 e. The molecule has 1 unspecified atom stereocenters. The van der Waals surface area contributed by atoms with E-state index in [1.165, 1.54) is 11.8 Å². The van der Waals surface area contributed by atoms with Crippen LogP contribution in [0.3, 0.4) is 0 Å². The van der Waals surface area contributed by atoms with Gasteiger partial charge in [0, 0.05) is 17.2 Å². The fourth-order valence-corrected chi connectivity index (χ4v) is 4.12. The van der Waals surface area contributed by atoms with E-state index in [2.05, 4.69) is 37.9 Å². The average Bonchev–Trinajstić information content (AvgIpc) is 3.23. The van der Waals surface area contributed by atoms with Gasteiger partial charge in [-0.2, -0.15) is 0 Å². The molecule has 0 amide bonds. The first kappa shape index (κ1) is 19.6. The number of benzene rings is 2. The highest BCUT2D eigenvalue weighted by molar-refractivity contribution is 9.10. The molecule has 1 N–H and O–H groups in total. The van der Waals surface area contributed by atoms with Crippen molar-refractivity contribution in [3.63, 3.8) is 0 Å². The van der Waals surface area contributed by atoms with Crippen LogP contribution >= 0.6 is 15.9 Å². The highest BCUT2D eigenvalue weighted by Crippen LogP contribution is 2.35.